The third-order valence-electron chi connectivity index (χ3n) is 3.32. The van der Waals surface area contributed by atoms with E-state index in [4.69, 9.17) is 4.74 Å². The molecule has 2 rings (SSSR count). The Morgan fingerprint density at radius 1 is 1.14 bits per heavy atom. The molecule has 0 radical (unpaired) electrons. The maximum Gasteiger partial charge on any atom is 0.252 e. The van der Waals surface area contributed by atoms with Crippen LogP contribution < -0.4 is 4.74 Å². The Hall–Kier alpha value is -2.33. The third-order valence-corrected chi connectivity index (χ3v) is 3.32. The molecule has 0 fully saturated rings. The third kappa shape index (κ3) is 4.07. The summed E-state index contributed by atoms with van der Waals surface area (Å²) in [6.07, 6.45) is 0. The molecular formula is C17H19NO3. The molecule has 0 aliphatic rings. The fourth-order valence-electron chi connectivity index (χ4n) is 2.02. The summed E-state index contributed by atoms with van der Waals surface area (Å²) in [5, 5.41) is 9.79. The van der Waals surface area contributed by atoms with Crippen molar-refractivity contribution >= 4 is 5.91 Å². The van der Waals surface area contributed by atoms with Crippen molar-refractivity contribution in [2.45, 2.75) is 19.4 Å². The molecule has 0 bridgehead atoms. The first kappa shape index (κ1) is 15.1. The molecule has 1 N–H and O–H groups in total. The van der Waals surface area contributed by atoms with Gasteiger partial charge in [0.2, 0.25) is 0 Å². The van der Waals surface area contributed by atoms with Crippen LogP contribution in [-0.4, -0.2) is 23.2 Å². The summed E-state index contributed by atoms with van der Waals surface area (Å²) in [7, 11) is 1.33. The standard InChI is InChI=1S/C17H19NO3/c1-13(17(19)18(2)20)15-8-10-16(11-9-15)21-12-14-6-4-3-5-7-14/h3-11,13,20H,12H2,1-2H3. The van der Waals surface area contributed by atoms with Gasteiger partial charge in [0.15, 0.2) is 0 Å². The molecule has 4 nitrogen and oxygen atoms in total. The molecule has 1 atom stereocenters. The lowest BCUT2D eigenvalue weighted by atomic mass is 10.0. The van der Waals surface area contributed by atoms with Crippen molar-refractivity contribution < 1.29 is 14.7 Å². The van der Waals surface area contributed by atoms with Gasteiger partial charge in [-0.1, -0.05) is 42.5 Å². The highest BCUT2D eigenvalue weighted by Crippen LogP contribution is 2.21. The van der Waals surface area contributed by atoms with Crippen LogP contribution in [0.2, 0.25) is 0 Å². The van der Waals surface area contributed by atoms with E-state index in [1.807, 2.05) is 54.6 Å². The van der Waals surface area contributed by atoms with E-state index < -0.39 is 0 Å². The van der Waals surface area contributed by atoms with Gasteiger partial charge in [-0.25, -0.2) is 5.06 Å². The summed E-state index contributed by atoms with van der Waals surface area (Å²) in [6.45, 7) is 2.27. The molecular weight excluding hydrogens is 266 g/mol. The normalized spacial score (nSPS) is 11.8. The first-order valence-electron chi connectivity index (χ1n) is 6.81. The minimum absolute atomic E-state index is 0.340. The first-order chi connectivity index (χ1) is 10.1. The molecule has 110 valence electrons. The maximum atomic E-state index is 11.7. The Morgan fingerprint density at radius 2 is 1.76 bits per heavy atom. The minimum Gasteiger partial charge on any atom is -0.489 e. The van der Waals surface area contributed by atoms with E-state index in [0.29, 0.717) is 11.7 Å². The monoisotopic (exact) mass is 285 g/mol. The predicted molar refractivity (Wildman–Crippen MR) is 80.2 cm³/mol. The quantitative estimate of drug-likeness (QED) is 0.678. The van der Waals surface area contributed by atoms with Crippen molar-refractivity contribution in [2.75, 3.05) is 7.05 Å². The van der Waals surface area contributed by atoms with E-state index in [2.05, 4.69) is 0 Å². The van der Waals surface area contributed by atoms with Crippen LogP contribution in [0.25, 0.3) is 0 Å². The molecule has 0 spiro atoms. The molecule has 0 saturated heterocycles. The average molecular weight is 285 g/mol. The molecule has 2 aromatic rings. The van der Waals surface area contributed by atoms with Gasteiger partial charge in [0.25, 0.3) is 5.91 Å². The van der Waals surface area contributed by atoms with Crippen LogP contribution >= 0.6 is 0 Å². The van der Waals surface area contributed by atoms with Crippen molar-refractivity contribution in [3.63, 3.8) is 0 Å². The van der Waals surface area contributed by atoms with Gasteiger partial charge in [0, 0.05) is 7.05 Å². The Labute approximate surface area is 124 Å². The highest BCUT2D eigenvalue weighted by atomic mass is 16.5. The summed E-state index contributed by atoms with van der Waals surface area (Å²) in [5.74, 6) is 0.0238. The minimum atomic E-state index is -0.386. The molecule has 1 unspecified atom stereocenters. The zero-order chi connectivity index (χ0) is 15.2. The Bertz CT molecular complexity index is 579. The molecule has 2 aromatic carbocycles. The second kappa shape index (κ2) is 6.90. The summed E-state index contributed by atoms with van der Waals surface area (Å²) in [5.41, 5.74) is 1.94. The van der Waals surface area contributed by atoms with E-state index in [9.17, 15) is 10.0 Å². The number of hydrogen-bond acceptors (Lipinski definition) is 3. The number of benzene rings is 2. The molecule has 0 aliphatic heterocycles. The van der Waals surface area contributed by atoms with Crippen LogP contribution in [0, 0.1) is 0 Å². The largest absolute Gasteiger partial charge is 0.489 e. The molecule has 21 heavy (non-hydrogen) atoms. The highest BCUT2D eigenvalue weighted by molar-refractivity contribution is 5.82. The lowest BCUT2D eigenvalue weighted by molar-refractivity contribution is -0.160. The number of rotatable bonds is 5. The number of carbonyl (C=O) groups is 1. The SMILES string of the molecule is CC(C(=O)N(C)O)c1ccc(OCc2ccccc2)cc1. The average Bonchev–Trinajstić information content (AvgIpc) is 2.53. The molecule has 0 aromatic heterocycles. The predicted octanol–water partition coefficient (Wildman–Crippen LogP) is 3.22. The fourth-order valence-corrected chi connectivity index (χ4v) is 2.02. The number of carbonyl (C=O) groups excluding carboxylic acids is 1. The second-order valence-corrected chi connectivity index (χ2v) is 4.93. The molecule has 0 saturated carbocycles. The van der Waals surface area contributed by atoms with Crippen LogP contribution in [0.3, 0.4) is 0 Å². The summed E-state index contributed by atoms with van der Waals surface area (Å²) >= 11 is 0. The topological polar surface area (TPSA) is 49.8 Å². The van der Waals surface area contributed by atoms with E-state index in [-0.39, 0.29) is 11.8 Å². The Balaban J connectivity index is 1.97. The fraction of sp³-hybridized carbons (Fsp3) is 0.235. The van der Waals surface area contributed by atoms with E-state index in [0.717, 1.165) is 16.9 Å². The number of likely N-dealkylation sites (N-methyl/N-ethyl adjacent to an activating group) is 1. The van der Waals surface area contributed by atoms with Crippen molar-refractivity contribution in [1.82, 2.24) is 5.06 Å². The molecule has 1 amide bonds. The number of amides is 1. The van der Waals surface area contributed by atoms with Gasteiger partial charge in [0.1, 0.15) is 12.4 Å². The van der Waals surface area contributed by atoms with Gasteiger partial charge < -0.3 is 4.74 Å². The molecule has 4 heteroatoms. The van der Waals surface area contributed by atoms with Crippen LogP contribution in [0.5, 0.6) is 5.75 Å². The van der Waals surface area contributed by atoms with Gasteiger partial charge in [-0.15, -0.1) is 0 Å². The Kier molecular flexibility index (Phi) is 4.95. The van der Waals surface area contributed by atoms with Crippen LogP contribution in [0.15, 0.2) is 54.6 Å². The van der Waals surface area contributed by atoms with Gasteiger partial charge in [-0.05, 0) is 30.2 Å². The molecule has 0 aliphatic carbocycles. The van der Waals surface area contributed by atoms with Crippen molar-refractivity contribution in [1.29, 1.82) is 0 Å². The van der Waals surface area contributed by atoms with Gasteiger partial charge in [-0.3, -0.25) is 10.0 Å². The molecule has 0 heterocycles. The van der Waals surface area contributed by atoms with Gasteiger partial charge in [0.05, 0.1) is 5.92 Å². The number of hydrogen-bond donors (Lipinski definition) is 1. The van der Waals surface area contributed by atoms with Gasteiger partial charge in [-0.2, -0.15) is 0 Å². The van der Waals surface area contributed by atoms with Crippen molar-refractivity contribution in [2.24, 2.45) is 0 Å². The number of ether oxygens (including phenoxy) is 1. The number of hydroxylamine groups is 2. The van der Waals surface area contributed by atoms with Crippen LogP contribution in [0.1, 0.15) is 24.0 Å². The maximum absolute atomic E-state index is 11.7. The number of nitrogens with zero attached hydrogens (tertiary/aromatic N) is 1. The van der Waals surface area contributed by atoms with Crippen molar-refractivity contribution in [3.05, 3.63) is 65.7 Å². The van der Waals surface area contributed by atoms with Crippen LogP contribution in [-0.2, 0) is 11.4 Å². The van der Waals surface area contributed by atoms with E-state index >= 15 is 0 Å². The highest BCUT2D eigenvalue weighted by Gasteiger charge is 2.17. The summed E-state index contributed by atoms with van der Waals surface area (Å²) in [4.78, 5) is 11.7. The summed E-state index contributed by atoms with van der Waals surface area (Å²) < 4.78 is 5.69. The lowest BCUT2D eigenvalue weighted by Gasteiger charge is -2.15. The van der Waals surface area contributed by atoms with Gasteiger partial charge >= 0.3 is 0 Å². The Morgan fingerprint density at radius 3 is 2.33 bits per heavy atom. The first-order valence-corrected chi connectivity index (χ1v) is 6.81. The zero-order valence-electron chi connectivity index (χ0n) is 12.2. The lowest BCUT2D eigenvalue weighted by Crippen LogP contribution is -2.27. The smallest absolute Gasteiger partial charge is 0.252 e. The zero-order valence-corrected chi connectivity index (χ0v) is 12.2. The van der Waals surface area contributed by atoms with E-state index in [1.165, 1.54) is 7.05 Å². The van der Waals surface area contributed by atoms with Crippen molar-refractivity contribution in [3.8, 4) is 5.75 Å². The second-order valence-electron chi connectivity index (χ2n) is 4.93. The van der Waals surface area contributed by atoms with E-state index in [1.54, 1.807) is 6.92 Å². The summed E-state index contributed by atoms with van der Waals surface area (Å²) in [6, 6.07) is 17.3. The van der Waals surface area contributed by atoms with Crippen LogP contribution in [0.4, 0.5) is 0 Å².